The van der Waals surface area contributed by atoms with Gasteiger partial charge in [-0.15, -0.1) is 0 Å². The topological polar surface area (TPSA) is 26.1 Å². The van der Waals surface area contributed by atoms with Crippen LogP contribution in [0.3, 0.4) is 0 Å². The second-order valence-electron chi connectivity index (χ2n) is 9.08. The second-order valence-corrected chi connectivity index (χ2v) is 28.7. The van der Waals surface area contributed by atoms with Crippen LogP contribution in [0.15, 0.2) is 0 Å². The maximum atomic E-state index is 4.82. The summed E-state index contributed by atoms with van der Waals surface area (Å²) in [6, 6.07) is 0. The Hall–Kier alpha value is 1.79. The van der Waals surface area contributed by atoms with Crippen LogP contribution in [0.25, 0.3) is 4.65 Å². The average molecular weight is 345 g/mol. The number of hydrogen-bond donors (Lipinski definition) is 1. The molecule has 0 spiro atoms. The molecule has 0 aromatic rings. The van der Waals surface area contributed by atoms with E-state index in [1.807, 2.05) is 0 Å². The predicted octanol–water partition coefficient (Wildman–Crippen LogP) is 2.28. The Balaban J connectivity index is -0.000000256. The first-order chi connectivity index (χ1) is 7.41. The molecule has 0 atom stereocenters. The summed E-state index contributed by atoms with van der Waals surface area (Å²) in [7, 11) is -4.17. The van der Waals surface area contributed by atoms with Gasteiger partial charge in [0.25, 0.3) is 0 Å². The van der Waals surface area contributed by atoms with E-state index < -0.39 is 32.9 Å². The molecular formula is C12H37N2NaSi4. The Labute approximate surface area is 149 Å². The van der Waals surface area contributed by atoms with Crippen LogP contribution in [0.4, 0.5) is 0 Å². The molecule has 0 aliphatic heterocycles. The molecule has 0 rings (SSSR count). The van der Waals surface area contributed by atoms with Crippen molar-refractivity contribution in [3.63, 3.8) is 0 Å². The first kappa shape index (κ1) is 25.7. The van der Waals surface area contributed by atoms with Gasteiger partial charge < -0.3 is 9.30 Å². The van der Waals surface area contributed by atoms with E-state index in [2.05, 4.69) is 83.2 Å². The van der Waals surface area contributed by atoms with Gasteiger partial charge in [-0.05, 0) is 0 Å². The van der Waals surface area contributed by atoms with Crippen LogP contribution in [0, 0.1) is 0 Å². The predicted molar refractivity (Wildman–Crippen MR) is 99.9 cm³/mol. The van der Waals surface area contributed by atoms with Crippen LogP contribution in [0.2, 0.25) is 78.6 Å². The fourth-order valence-electron chi connectivity index (χ4n) is 2.13. The van der Waals surface area contributed by atoms with E-state index in [0.717, 1.165) is 0 Å². The zero-order valence-corrected chi connectivity index (χ0v) is 21.9. The largest absolute Gasteiger partial charge is 1.00 e. The molecule has 19 heavy (non-hydrogen) atoms. The molecule has 0 aliphatic carbocycles. The summed E-state index contributed by atoms with van der Waals surface area (Å²) in [5.41, 5.74) is 0. The van der Waals surface area contributed by atoms with Gasteiger partial charge in [-0.3, -0.25) is 0 Å². The van der Waals surface area contributed by atoms with Crippen LogP contribution >= 0.6 is 0 Å². The van der Waals surface area contributed by atoms with E-state index in [9.17, 15) is 0 Å². The normalized spacial score (nSPS) is 13.3. The molecule has 0 bridgehead atoms. The quantitative estimate of drug-likeness (QED) is 0.778. The first-order valence-electron chi connectivity index (χ1n) is 6.95. The standard InChI is InChI=1S/C6H19NSi2.C6H18NSi2.Na/c2*1-8(2,3)7-9(4,5)6;/h7H,1-6H3;1-6H3;/q;-1;+1. The minimum absolute atomic E-state index is 0. The van der Waals surface area contributed by atoms with Gasteiger partial charge >= 0.3 is 29.6 Å². The van der Waals surface area contributed by atoms with Gasteiger partial charge in [0.2, 0.25) is 0 Å². The monoisotopic (exact) mass is 344 g/mol. The molecule has 1 N–H and O–H groups in total. The van der Waals surface area contributed by atoms with Crippen LogP contribution in [0.5, 0.6) is 0 Å². The number of nitrogens with zero attached hydrogens (tertiary/aromatic N) is 1. The Kier molecular flexibility index (Phi) is 12.2. The molecule has 0 saturated heterocycles. The minimum Gasteiger partial charge on any atom is -0.668 e. The van der Waals surface area contributed by atoms with Crippen molar-refractivity contribution in [2.45, 2.75) is 78.6 Å². The van der Waals surface area contributed by atoms with Gasteiger partial charge in [-0.2, -0.15) is 0 Å². The number of rotatable bonds is 4. The molecule has 0 heterocycles. The number of hydrogen-bond acceptors (Lipinski definition) is 1. The minimum atomic E-state index is -1.11. The molecule has 0 radical (unpaired) electrons. The van der Waals surface area contributed by atoms with Crippen molar-refractivity contribution < 1.29 is 29.6 Å². The Morgan fingerprint density at radius 1 is 0.526 bits per heavy atom. The van der Waals surface area contributed by atoms with E-state index in [1.165, 1.54) is 0 Å². The van der Waals surface area contributed by atoms with E-state index in [0.29, 0.717) is 0 Å². The summed E-state index contributed by atoms with van der Waals surface area (Å²) in [4.78, 5) is 0. The van der Waals surface area contributed by atoms with E-state index in [-0.39, 0.29) is 29.6 Å². The van der Waals surface area contributed by atoms with Crippen LogP contribution in [0.1, 0.15) is 0 Å². The van der Waals surface area contributed by atoms with E-state index in [4.69, 9.17) is 4.65 Å². The summed E-state index contributed by atoms with van der Waals surface area (Å²) in [6.07, 6.45) is 0. The molecule has 112 valence electrons. The molecule has 0 fully saturated rings. The molecule has 7 heteroatoms. The maximum absolute atomic E-state index is 4.82. The van der Waals surface area contributed by atoms with Gasteiger partial charge in [-0.1, -0.05) is 95.0 Å². The zero-order valence-electron chi connectivity index (χ0n) is 15.9. The molecular weight excluding hydrogens is 307 g/mol. The smallest absolute Gasteiger partial charge is 0.668 e. The summed E-state index contributed by atoms with van der Waals surface area (Å²) in [5, 5.41) is 0. The van der Waals surface area contributed by atoms with Gasteiger partial charge in [-0.25, -0.2) is 0 Å². The summed E-state index contributed by atoms with van der Waals surface area (Å²) < 4.78 is 8.56. The average Bonchev–Trinajstić information content (AvgIpc) is 1.64. The Morgan fingerprint density at radius 3 is 0.737 bits per heavy atom. The van der Waals surface area contributed by atoms with E-state index >= 15 is 0 Å². The Morgan fingerprint density at radius 2 is 0.737 bits per heavy atom. The molecule has 0 amide bonds. The van der Waals surface area contributed by atoms with Gasteiger partial charge in [0.05, 0.1) is 0 Å². The zero-order chi connectivity index (χ0) is 15.4. The van der Waals surface area contributed by atoms with Crippen molar-refractivity contribution in [3.8, 4) is 0 Å². The molecule has 0 saturated carbocycles. The fourth-order valence-corrected chi connectivity index (χ4v) is 19.2. The fraction of sp³-hybridized carbons (Fsp3) is 1.00. The van der Waals surface area contributed by atoms with E-state index in [1.54, 1.807) is 0 Å². The first-order valence-corrected chi connectivity index (χ1v) is 20.8. The van der Waals surface area contributed by atoms with Crippen molar-refractivity contribution >= 4 is 32.9 Å². The molecule has 0 aromatic heterocycles. The third-order valence-electron chi connectivity index (χ3n) is 1.42. The van der Waals surface area contributed by atoms with Crippen molar-refractivity contribution in [1.82, 2.24) is 4.65 Å². The van der Waals surface area contributed by atoms with Crippen molar-refractivity contribution in [1.29, 1.82) is 0 Å². The SMILES string of the molecule is C[Si](C)(C)N[Si](C)(C)C.C[Si](C)(C)[N-][Si](C)(C)C.[Na+]. The van der Waals surface area contributed by atoms with Gasteiger partial charge in [0.1, 0.15) is 16.5 Å². The maximum Gasteiger partial charge on any atom is 1.00 e. The van der Waals surface area contributed by atoms with Gasteiger partial charge in [0, 0.05) is 0 Å². The van der Waals surface area contributed by atoms with Crippen molar-refractivity contribution in [3.05, 3.63) is 4.65 Å². The Bertz CT molecular complexity index is 184. The molecule has 2 nitrogen and oxygen atoms in total. The summed E-state index contributed by atoms with van der Waals surface area (Å²) >= 11 is 0. The summed E-state index contributed by atoms with van der Waals surface area (Å²) in [6.45, 7) is 27.9. The third-order valence-corrected chi connectivity index (χ3v) is 12.8. The molecule has 0 unspecified atom stereocenters. The third kappa shape index (κ3) is 32.9. The second kappa shape index (κ2) is 9.05. The number of nitrogens with one attached hydrogen (secondary N) is 1. The van der Waals surface area contributed by atoms with Crippen LogP contribution in [-0.4, -0.2) is 32.9 Å². The molecule has 0 aliphatic rings. The molecule has 0 aromatic carbocycles. The van der Waals surface area contributed by atoms with Crippen LogP contribution in [-0.2, 0) is 0 Å². The van der Waals surface area contributed by atoms with Crippen molar-refractivity contribution in [2.24, 2.45) is 0 Å². The van der Waals surface area contributed by atoms with Gasteiger partial charge in [0.15, 0.2) is 0 Å². The summed E-state index contributed by atoms with van der Waals surface area (Å²) in [5.74, 6) is 0. The van der Waals surface area contributed by atoms with Crippen molar-refractivity contribution in [2.75, 3.05) is 0 Å². The van der Waals surface area contributed by atoms with Crippen LogP contribution < -0.4 is 34.2 Å².